The van der Waals surface area contributed by atoms with Gasteiger partial charge in [0.1, 0.15) is 12.2 Å². The van der Waals surface area contributed by atoms with Gasteiger partial charge in [-0.15, -0.1) is 6.42 Å². The number of aromatic nitrogens is 2. The molecular weight excluding hydrogens is 266 g/mol. The van der Waals surface area contributed by atoms with Gasteiger partial charge in [0.2, 0.25) is 0 Å². The van der Waals surface area contributed by atoms with Crippen molar-refractivity contribution < 1.29 is 5.11 Å². The maximum atomic E-state index is 12.1. The molecule has 6 heteroatoms. The Morgan fingerprint density at radius 3 is 3.05 bits per heavy atom. The topological polar surface area (TPSA) is 67.2 Å². The van der Waals surface area contributed by atoms with Gasteiger partial charge < -0.3 is 10.4 Å². The molecular formula is C13H16ClN3O2. The lowest BCUT2D eigenvalue weighted by Gasteiger charge is -2.13. The summed E-state index contributed by atoms with van der Waals surface area (Å²) < 4.78 is 1.19. The molecule has 1 aliphatic rings. The molecule has 2 N–H and O–H groups in total. The summed E-state index contributed by atoms with van der Waals surface area (Å²) in [5, 5.41) is 16.7. The maximum absolute atomic E-state index is 12.1. The van der Waals surface area contributed by atoms with E-state index in [2.05, 4.69) is 16.3 Å². The number of anilines is 1. The van der Waals surface area contributed by atoms with Gasteiger partial charge in [-0.05, 0) is 25.2 Å². The van der Waals surface area contributed by atoms with Gasteiger partial charge in [-0.25, -0.2) is 4.68 Å². The predicted molar refractivity (Wildman–Crippen MR) is 74.2 cm³/mol. The van der Waals surface area contributed by atoms with E-state index in [1.54, 1.807) is 0 Å². The molecule has 1 saturated carbocycles. The Morgan fingerprint density at radius 2 is 2.42 bits per heavy atom. The molecule has 0 radical (unpaired) electrons. The first kappa shape index (κ1) is 13.9. The lowest BCUT2D eigenvalue weighted by molar-refractivity contribution is 0.178. The zero-order chi connectivity index (χ0) is 13.8. The van der Waals surface area contributed by atoms with Gasteiger partial charge >= 0.3 is 0 Å². The van der Waals surface area contributed by atoms with Gasteiger partial charge in [0.05, 0.1) is 17.3 Å². The van der Waals surface area contributed by atoms with Crippen LogP contribution in [0, 0.1) is 18.3 Å². The first-order chi connectivity index (χ1) is 9.11. The lowest BCUT2D eigenvalue weighted by atomic mass is 10.1. The summed E-state index contributed by atoms with van der Waals surface area (Å²) in [6.45, 7) is 0.735. The standard InChI is InChI=1S/C13H16ClN3O2/c1-2-5-17-13(19)12(11(14)8-16-17)15-7-9-3-4-10(18)6-9/h1,8-10,15,18H,3-7H2. The number of hydrogen-bond acceptors (Lipinski definition) is 4. The van der Waals surface area contributed by atoms with Gasteiger partial charge in [-0.1, -0.05) is 17.5 Å². The molecule has 0 aliphatic heterocycles. The highest BCUT2D eigenvalue weighted by Gasteiger charge is 2.23. The molecule has 2 rings (SSSR count). The Hall–Kier alpha value is -1.51. The maximum Gasteiger partial charge on any atom is 0.292 e. The third-order valence-electron chi connectivity index (χ3n) is 3.32. The molecule has 0 aromatic carbocycles. The van der Waals surface area contributed by atoms with E-state index in [0.29, 0.717) is 18.2 Å². The van der Waals surface area contributed by atoms with E-state index in [0.717, 1.165) is 19.3 Å². The van der Waals surface area contributed by atoms with E-state index in [-0.39, 0.29) is 23.2 Å². The van der Waals surface area contributed by atoms with Crippen molar-refractivity contribution >= 4 is 17.3 Å². The number of halogens is 1. The quantitative estimate of drug-likeness (QED) is 0.811. The van der Waals surface area contributed by atoms with Crippen LogP contribution >= 0.6 is 11.6 Å². The average Bonchev–Trinajstić information content (AvgIpc) is 2.79. The minimum atomic E-state index is -0.316. The largest absolute Gasteiger partial charge is 0.393 e. The summed E-state index contributed by atoms with van der Waals surface area (Å²) in [5.41, 5.74) is 0.0114. The number of hydrogen-bond donors (Lipinski definition) is 2. The smallest absolute Gasteiger partial charge is 0.292 e. The van der Waals surface area contributed by atoms with Crippen molar-refractivity contribution in [3.8, 4) is 12.3 Å². The molecule has 1 aliphatic carbocycles. The normalized spacial score (nSPS) is 22.2. The Labute approximate surface area is 116 Å². The van der Waals surface area contributed by atoms with Gasteiger partial charge in [0, 0.05) is 6.54 Å². The van der Waals surface area contributed by atoms with Crippen LogP contribution in [0.15, 0.2) is 11.0 Å². The summed E-state index contributed by atoms with van der Waals surface area (Å²) in [7, 11) is 0. The molecule has 5 nitrogen and oxygen atoms in total. The molecule has 102 valence electrons. The van der Waals surface area contributed by atoms with E-state index in [1.807, 2.05) is 0 Å². The number of aliphatic hydroxyl groups is 1. The van der Waals surface area contributed by atoms with Gasteiger partial charge in [0.15, 0.2) is 0 Å². The second-order valence-corrected chi connectivity index (χ2v) is 5.16. The van der Waals surface area contributed by atoms with Crippen LogP contribution in [0.4, 0.5) is 5.69 Å². The SMILES string of the molecule is C#CCn1ncc(Cl)c(NCC2CCC(O)C2)c1=O. The number of aliphatic hydroxyl groups excluding tert-OH is 1. The van der Waals surface area contributed by atoms with Crippen LogP contribution < -0.4 is 10.9 Å². The second-order valence-electron chi connectivity index (χ2n) is 4.75. The first-order valence-corrected chi connectivity index (χ1v) is 6.60. The molecule has 2 unspecified atom stereocenters. The highest BCUT2D eigenvalue weighted by Crippen LogP contribution is 2.26. The van der Waals surface area contributed by atoms with Crippen molar-refractivity contribution in [2.75, 3.05) is 11.9 Å². The number of rotatable bonds is 4. The molecule has 19 heavy (non-hydrogen) atoms. The number of nitrogens with one attached hydrogen (secondary N) is 1. The van der Waals surface area contributed by atoms with E-state index in [4.69, 9.17) is 18.0 Å². The molecule has 2 atom stereocenters. The van der Waals surface area contributed by atoms with Gasteiger partial charge in [-0.3, -0.25) is 4.79 Å². The summed E-state index contributed by atoms with van der Waals surface area (Å²) >= 11 is 5.98. The van der Waals surface area contributed by atoms with Crippen molar-refractivity contribution in [2.45, 2.75) is 31.9 Å². The molecule has 0 spiro atoms. The first-order valence-electron chi connectivity index (χ1n) is 6.23. The summed E-state index contributed by atoms with van der Waals surface area (Å²) in [6.07, 6.45) is 8.89. The summed E-state index contributed by atoms with van der Waals surface area (Å²) in [6, 6.07) is 0. The summed E-state index contributed by atoms with van der Waals surface area (Å²) in [4.78, 5) is 12.1. The molecule has 1 fully saturated rings. The molecule has 1 aromatic heterocycles. The van der Waals surface area contributed by atoms with Crippen molar-refractivity contribution in [2.24, 2.45) is 5.92 Å². The average molecular weight is 282 g/mol. The van der Waals surface area contributed by atoms with E-state index in [9.17, 15) is 9.90 Å². The number of terminal acetylenes is 1. The highest BCUT2D eigenvalue weighted by molar-refractivity contribution is 6.32. The van der Waals surface area contributed by atoms with E-state index in [1.165, 1.54) is 10.9 Å². The third-order valence-corrected chi connectivity index (χ3v) is 3.61. The van der Waals surface area contributed by atoms with Crippen molar-refractivity contribution in [3.05, 3.63) is 21.6 Å². The van der Waals surface area contributed by atoms with Crippen LogP contribution in [0.1, 0.15) is 19.3 Å². The van der Waals surface area contributed by atoms with Crippen LogP contribution in [0.2, 0.25) is 5.02 Å². The monoisotopic (exact) mass is 281 g/mol. The summed E-state index contributed by atoms with van der Waals surface area (Å²) in [5.74, 6) is 2.73. The Kier molecular flexibility index (Phi) is 4.46. The van der Waals surface area contributed by atoms with Crippen molar-refractivity contribution in [3.63, 3.8) is 0 Å². The fourth-order valence-electron chi connectivity index (χ4n) is 2.31. The van der Waals surface area contributed by atoms with Crippen molar-refractivity contribution in [1.82, 2.24) is 9.78 Å². The molecule has 1 aromatic rings. The van der Waals surface area contributed by atoms with E-state index >= 15 is 0 Å². The Balaban J connectivity index is 2.09. The molecule has 0 amide bonds. The van der Waals surface area contributed by atoms with Gasteiger partial charge in [0.25, 0.3) is 5.56 Å². The van der Waals surface area contributed by atoms with Crippen molar-refractivity contribution in [1.29, 1.82) is 0 Å². The van der Waals surface area contributed by atoms with Crippen LogP contribution in [0.25, 0.3) is 0 Å². The molecule has 0 bridgehead atoms. The third kappa shape index (κ3) is 3.28. The zero-order valence-electron chi connectivity index (χ0n) is 10.5. The molecule has 0 saturated heterocycles. The second kappa shape index (κ2) is 6.09. The number of nitrogens with zero attached hydrogens (tertiary/aromatic N) is 2. The van der Waals surface area contributed by atoms with Gasteiger partial charge in [-0.2, -0.15) is 5.10 Å². The zero-order valence-corrected chi connectivity index (χ0v) is 11.2. The van der Waals surface area contributed by atoms with Crippen LogP contribution in [0.5, 0.6) is 0 Å². The fourth-order valence-corrected chi connectivity index (χ4v) is 2.50. The Morgan fingerprint density at radius 1 is 1.63 bits per heavy atom. The predicted octanol–water partition coefficient (Wildman–Crippen LogP) is 1.10. The van der Waals surface area contributed by atoms with Crippen LogP contribution in [0.3, 0.4) is 0 Å². The minimum Gasteiger partial charge on any atom is -0.393 e. The minimum absolute atomic E-state index is 0.118. The van der Waals surface area contributed by atoms with Crippen LogP contribution in [-0.2, 0) is 6.54 Å². The molecule has 1 heterocycles. The fraction of sp³-hybridized carbons (Fsp3) is 0.538. The lowest BCUT2D eigenvalue weighted by Crippen LogP contribution is -2.27. The van der Waals surface area contributed by atoms with E-state index < -0.39 is 0 Å². The van der Waals surface area contributed by atoms with Crippen LogP contribution in [-0.4, -0.2) is 27.5 Å². The Bertz CT molecular complexity index is 550. The highest BCUT2D eigenvalue weighted by atomic mass is 35.5.